The number of nitrogens with zero attached hydrogens (tertiary/aromatic N) is 2. The first-order valence-corrected chi connectivity index (χ1v) is 6.45. The largest absolute Gasteiger partial charge is 0.338 e. The average molecular weight is 261 g/mol. The van der Waals surface area contributed by atoms with Crippen molar-refractivity contribution in [2.75, 3.05) is 5.32 Å². The van der Waals surface area contributed by atoms with Gasteiger partial charge in [0.05, 0.1) is 22.6 Å². The highest BCUT2D eigenvalue weighted by Crippen LogP contribution is 2.38. The number of benzene rings is 2. The number of hydrogen-bond acceptors (Lipinski definition) is 4. The van der Waals surface area contributed by atoms with Gasteiger partial charge < -0.3 is 10.1 Å². The van der Waals surface area contributed by atoms with Crippen LogP contribution < -0.4 is 5.32 Å². The maximum absolute atomic E-state index is 11.5. The number of para-hydroxylation sites is 3. The molecule has 0 aliphatic carbocycles. The summed E-state index contributed by atoms with van der Waals surface area (Å²) < 4.78 is 0. The van der Waals surface area contributed by atoms with Crippen molar-refractivity contribution in [2.24, 2.45) is 0 Å². The van der Waals surface area contributed by atoms with Crippen molar-refractivity contribution in [3.8, 4) is 0 Å². The van der Waals surface area contributed by atoms with Crippen molar-refractivity contribution in [3.05, 3.63) is 59.8 Å². The van der Waals surface area contributed by atoms with Crippen molar-refractivity contribution in [2.45, 2.75) is 5.92 Å². The van der Waals surface area contributed by atoms with Crippen LogP contribution in [0.3, 0.4) is 0 Å². The number of carbonyl (C=O) groups is 1. The third-order valence-corrected chi connectivity index (χ3v) is 3.58. The monoisotopic (exact) mass is 261 g/mol. The van der Waals surface area contributed by atoms with E-state index in [2.05, 4.69) is 15.3 Å². The summed E-state index contributed by atoms with van der Waals surface area (Å²) >= 11 is 0. The van der Waals surface area contributed by atoms with Crippen LogP contribution in [0.25, 0.3) is 11.0 Å². The maximum Gasteiger partial charge on any atom is 0.154 e. The standard InChI is InChI=1S/C16H11N3O/c20-9-11-10-5-1-2-6-12(10)18-16-15(11)17-13-7-3-4-8-14(13)19-16/h1-9,11H,(H,18,19). The summed E-state index contributed by atoms with van der Waals surface area (Å²) in [6, 6.07) is 15.4. The summed E-state index contributed by atoms with van der Waals surface area (Å²) in [5, 5.41) is 3.26. The lowest BCUT2D eigenvalue weighted by Gasteiger charge is -2.24. The Morgan fingerprint density at radius 2 is 1.65 bits per heavy atom. The molecule has 4 nitrogen and oxygen atoms in total. The Morgan fingerprint density at radius 3 is 2.45 bits per heavy atom. The lowest BCUT2D eigenvalue weighted by Crippen LogP contribution is -2.17. The van der Waals surface area contributed by atoms with E-state index in [-0.39, 0.29) is 5.92 Å². The van der Waals surface area contributed by atoms with Gasteiger partial charge in [-0.15, -0.1) is 0 Å². The van der Waals surface area contributed by atoms with E-state index >= 15 is 0 Å². The van der Waals surface area contributed by atoms with Gasteiger partial charge in [-0.1, -0.05) is 30.3 Å². The van der Waals surface area contributed by atoms with Crippen LogP contribution in [0.2, 0.25) is 0 Å². The van der Waals surface area contributed by atoms with Crippen molar-refractivity contribution < 1.29 is 4.79 Å². The van der Waals surface area contributed by atoms with Crippen LogP contribution in [0.5, 0.6) is 0 Å². The first-order chi connectivity index (χ1) is 9.86. The van der Waals surface area contributed by atoms with E-state index in [1.807, 2.05) is 48.5 Å². The molecule has 4 heteroatoms. The molecule has 96 valence electrons. The van der Waals surface area contributed by atoms with Crippen LogP contribution in [0.15, 0.2) is 48.5 Å². The SMILES string of the molecule is O=CC1c2ccccc2Nc2nc3ccccc3nc21. The highest BCUT2D eigenvalue weighted by atomic mass is 16.1. The molecule has 1 aromatic heterocycles. The van der Waals surface area contributed by atoms with E-state index in [1.165, 1.54) is 0 Å². The predicted octanol–water partition coefficient (Wildman–Crippen LogP) is 3.02. The second kappa shape index (κ2) is 4.13. The number of anilines is 2. The predicted molar refractivity (Wildman–Crippen MR) is 77.2 cm³/mol. The Kier molecular flexibility index (Phi) is 2.29. The van der Waals surface area contributed by atoms with Crippen molar-refractivity contribution in [1.82, 2.24) is 9.97 Å². The molecule has 0 fully saturated rings. The first kappa shape index (κ1) is 11.1. The molecule has 3 aromatic rings. The minimum absolute atomic E-state index is 0.362. The smallest absolute Gasteiger partial charge is 0.154 e. The number of fused-ring (bicyclic) bond motifs is 3. The van der Waals surface area contributed by atoms with Gasteiger partial charge in [0.1, 0.15) is 6.29 Å². The molecule has 1 aliphatic rings. The van der Waals surface area contributed by atoms with Gasteiger partial charge in [0, 0.05) is 5.69 Å². The molecule has 0 radical (unpaired) electrons. The fourth-order valence-electron chi connectivity index (χ4n) is 2.62. The Balaban J connectivity index is 2.00. The molecule has 0 amide bonds. The minimum atomic E-state index is -0.362. The van der Waals surface area contributed by atoms with Gasteiger partial charge in [-0.3, -0.25) is 0 Å². The van der Waals surface area contributed by atoms with Crippen LogP contribution >= 0.6 is 0 Å². The molecule has 1 unspecified atom stereocenters. The highest BCUT2D eigenvalue weighted by molar-refractivity contribution is 5.85. The summed E-state index contributed by atoms with van der Waals surface area (Å²) in [4.78, 5) is 20.7. The number of nitrogens with one attached hydrogen (secondary N) is 1. The number of hydrogen-bond donors (Lipinski definition) is 1. The Labute approximate surface area is 115 Å². The molecule has 1 aliphatic heterocycles. The molecule has 2 aromatic carbocycles. The summed E-state index contributed by atoms with van der Waals surface area (Å²) in [6.45, 7) is 0. The van der Waals surface area contributed by atoms with Crippen LogP contribution in [-0.4, -0.2) is 16.3 Å². The molecule has 0 bridgehead atoms. The zero-order valence-electron chi connectivity index (χ0n) is 10.6. The molecule has 1 atom stereocenters. The molecule has 0 saturated heterocycles. The third-order valence-electron chi connectivity index (χ3n) is 3.58. The lowest BCUT2D eigenvalue weighted by molar-refractivity contribution is -0.108. The molecule has 2 heterocycles. The summed E-state index contributed by atoms with van der Waals surface area (Å²) in [7, 11) is 0. The zero-order chi connectivity index (χ0) is 13.5. The van der Waals surface area contributed by atoms with E-state index in [9.17, 15) is 4.79 Å². The van der Waals surface area contributed by atoms with Crippen LogP contribution in [0.4, 0.5) is 11.5 Å². The van der Waals surface area contributed by atoms with Gasteiger partial charge in [0.2, 0.25) is 0 Å². The zero-order valence-corrected chi connectivity index (χ0v) is 10.6. The summed E-state index contributed by atoms with van der Waals surface area (Å²) in [5.41, 5.74) is 4.18. The van der Waals surface area contributed by atoms with Crippen LogP contribution in [-0.2, 0) is 4.79 Å². The van der Waals surface area contributed by atoms with Crippen molar-refractivity contribution >= 4 is 28.8 Å². The molecule has 0 saturated carbocycles. The first-order valence-electron chi connectivity index (χ1n) is 6.45. The Bertz CT molecular complexity index is 829. The normalized spacial score (nSPS) is 16.1. The topological polar surface area (TPSA) is 54.9 Å². The number of rotatable bonds is 1. The van der Waals surface area contributed by atoms with E-state index in [4.69, 9.17) is 0 Å². The van der Waals surface area contributed by atoms with Crippen LogP contribution in [0, 0.1) is 0 Å². The van der Waals surface area contributed by atoms with Gasteiger partial charge >= 0.3 is 0 Å². The van der Waals surface area contributed by atoms with Crippen molar-refractivity contribution in [3.63, 3.8) is 0 Å². The Morgan fingerprint density at radius 1 is 0.950 bits per heavy atom. The second-order valence-corrected chi connectivity index (χ2v) is 4.77. The highest BCUT2D eigenvalue weighted by Gasteiger charge is 2.27. The Hall–Kier alpha value is -2.75. The van der Waals surface area contributed by atoms with Crippen LogP contribution in [0.1, 0.15) is 17.2 Å². The summed E-state index contributed by atoms with van der Waals surface area (Å²) in [6.07, 6.45) is 0.932. The van der Waals surface area contributed by atoms with Gasteiger partial charge in [0.25, 0.3) is 0 Å². The second-order valence-electron chi connectivity index (χ2n) is 4.77. The number of aromatic nitrogens is 2. The molecule has 1 N–H and O–H groups in total. The molecule has 0 spiro atoms. The maximum atomic E-state index is 11.5. The quantitative estimate of drug-likeness (QED) is 0.684. The molecular weight excluding hydrogens is 250 g/mol. The van der Waals surface area contributed by atoms with Gasteiger partial charge in [-0.25, -0.2) is 9.97 Å². The van der Waals surface area contributed by atoms with Gasteiger partial charge in [-0.05, 0) is 23.8 Å². The minimum Gasteiger partial charge on any atom is -0.338 e. The van der Waals surface area contributed by atoms with Gasteiger partial charge in [0.15, 0.2) is 5.82 Å². The average Bonchev–Trinajstić information content (AvgIpc) is 2.50. The third kappa shape index (κ3) is 1.51. The molecular formula is C16H11N3O. The van der Waals surface area contributed by atoms with E-state index in [0.29, 0.717) is 11.5 Å². The van der Waals surface area contributed by atoms with E-state index < -0.39 is 0 Å². The lowest BCUT2D eigenvalue weighted by atomic mass is 9.92. The van der Waals surface area contributed by atoms with E-state index in [1.54, 1.807) is 0 Å². The number of aldehydes is 1. The molecule has 20 heavy (non-hydrogen) atoms. The van der Waals surface area contributed by atoms with Crippen molar-refractivity contribution in [1.29, 1.82) is 0 Å². The molecule has 4 rings (SSSR count). The fraction of sp³-hybridized carbons (Fsp3) is 0.0625. The fourth-order valence-corrected chi connectivity index (χ4v) is 2.62. The van der Waals surface area contributed by atoms with Gasteiger partial charge in [-0.2, -0.15) is 0 Å². The van der Waals surface area contributed by atoms with E-state index in [0.717, 1.165) is 28.6 Å². The summed E-state index contributed by atoms with van der Waals surface area (Å²) in [5.74, 6) is 0.305. The number of carbonyl (C=O) groups excluding carboxylic acids is 1.